The summed E-state index contributed by atoms with van der Waals surface area (Å²) in [6.45, 7) is 0.0785. The summed E-state index contributed by atoms with van der Waals surface area (Å²) >= 11 is 5.66. The maximum absolute atomic E-state index is 13.0. The van der Waals surface area contributed by atoms with Crippen molar-refractivity contribution >= 4 is 17.5 Å². The molecule has 3 nitrogen and oxygen atoms in total. The first-order valence-corrected chi connectivity index (χ1v) is 6.86. The van der Waals surface area contributed by atoms with Crippen molar-refractivity contribution in [1.82, 2.24) is 5.32 Å². The van der Waals surface area contributed by atoms with Crippen LogP contribution in [0.2, 0.25) is 5.02 Å². The van der Waals surface area contributed by atoms with E-state index in [0.717, 1.165) is 25.7 Å². The van der Waals surface area contributed by atoms with Crippen LogP contribution in [0.25, 0.3) is 0 Å². The molecule has 1 aromatic carbocycles. The van der Waals surface area contributed by atoms with Crippen LogP contribution in [0, 0.1) is 11.7 Å². The smallest absolute Gasteiger partial charge is 0.251 e. The standard InChI is InChI=1S/C14H17ClFNO2/c15-11-7-9(5-6-12(11)16)14(19)17-13-4-2-1-3-10(13)8-18/h5-7,10,13,18H,1-4,8H2,(H,17,19). The lowest BCUT2D eigenvalue weighted by molar-refractivity contribution is 0.0872. The van der Waals surface area contributed by atoms with Crippen molar-refractivity contribution in [1.29, 1.82) is 0 Å². The highest BCUT2D eigenvalue weighted by Gasteiger charge is 2.26. The van der Waals surface area contributed by atoms with E-state index in [9.17, 15) is 14.3 Å². The summed E-state index contributed by atoms with van der Waals surface area (Å²) in [4.78, 5) is 12.1. The molecular formula is C14H17ClFNO2. The minimum Gasteiger partial charge on any atom is -0.396 e. The van der Waals surface area contributed by atoms with Crippen molar-refractivity contribution in [2.75, 3.05) is 6.61 Å². The maximum atomic E-state index is 13.0. The highest BCUT2D eigenvalue weighted by atomic mass is 35.5. The Balaban J connectivity index is 2.05. The zero-order chi connectivity index (χ0) is 13.8. The summed E-state index contributed by atoms with van der Waals surface area (Å²) in [5.74, 6) is -0.704. The molecular weight excluding hydrogens is 269 g/mol. The molecule has 2 atom stereocenters. The molecule has 1 fully saturated rings. The lowest BCUT2D eigenvalue weighted by Crippen LogP contribution is -2.43. The number of hydrogen-bond donors (Lipinski definition) is 2. The van der Waals surface area contributed by atoms with Crippen molar-refractivity contribution in [3.05, 3.63) is 34.6 Å². The maximum Gasteiger partial charge on any atom is 0.251 e. The number of benzene rings is 1. The Bertz CT molecular complexity index is 467. The van der Waals surface area contributed by atoms with Crippen LogP contribution >= 0.6 is 11.6 Å². The van der Waals surface area contributed by atoms with Crippen LogP contribution < -0.4 is 5.32 Å². The molecule has 2 rings (SSSR count). The molecule has 1 amide bonds. The van der Waals surface area contributed by atoms with Crippen molar-refractivity contribution in [3.8, 4) is 0 Å². The van der Waals surface area contributed by atoms with E-state index in [1.165, 1.54) is 18.2 Å². The lowest BCUT2D eigenvalue weighted by Gasteiger charge is -2.30. The molecule has 0 saturated heterocycles. The van der Waals surface area contributed by atoms with E-state index in [2.05, 4.69) is 5.32 Å². The van der Waals surface area contributed by atoms with Crippen LogP contribution in [0.3, 0.4) is 0 Å². The molecule has 1 aliphatic rings. The van der Waals surface area contributed by atoms with Crippen LogP contribution in [-0.2, 0) is 0 Å². The van der Waals surface area contributed by atoms with Crippen LogP contribution in [0.1, 0.15) is 36.0 Å². The van der Waals surface area contributed by atoms with Crippen molar-refractivity contribution < 1.29 is 14.3 Å². The minimum absolute atomic E-state index is 0.0184. The largest absolute Gasteiger partial charge is 0.396 e. The van der Waals surface area contributed by atoms with Gasteiger partial charge in [-0.3, -0.25) is 4.79 Å². The number of aliphatic hydroxyl groups excluding tert-OH is 1. The molecule has 19 heavy (non-hydrogen) atoms. The van der Waals surface area contributed by atoms with E-state index in [1.54, 1.807) is 0 Å². The highest BCUT2D eigenvalue weighted by molar-refractivity contribution is 6.31. The van der Waals surface area contributed by atoms with Gasteiger partial charge < -0.3 is 10.4 Å². The van der Waals surface area contributed by atoms with Gasteiger partial charge in [-0.15, -0.1) is 0 Å². The Morgan fingerprint density at radius 3 is 2.84 bits per heavy atom. The van der Waals surface area contributed by atoms with Crippen molar-refractivity contribution in [2.24, 2.45) is 5.92 Å². The van der Waals surface area contributed by atoms with Gasteiger partial charge in [0, 0.05) is 24.1 Å². The van der Waals surface area contributed by atoms with Gasteiger partial charge in [0.15, 0.2) is 0 Å². The third-order valence-corrected chi connectivity index (χ3v) is 3.93. The molecule has 0 spiro atoms. The molecule has 2 unspecified atom stereocenters. The molecule has 104 valence electrons. The van der Waals surface area contributed by atoms with Gasteiger partial charge in [-0.2, -0.15) is 0 Å². The van der Waals surface area contributed by atoms with E-state index in [-0.39, 0.29) is 29.5 Å². The topological polar surface area (TPSA) is 49.3 Å². The first-order valence-electron chi connectivity index (χ1n) is 6.48. The Morgan fingerprint density at radius 2 is 2.16 bits per heavy atom. The molecule has 1 aliphatic carbocycles. The fourth-order valence-corrected chi connectivity index (χ4v) is 2.69. The first-order chi connectivity index (χ1) is 9.11. The van der Waals surface area contributed by atoms with Gasteiger partial charge in [0.25, 0.3) is 5.91 Å². The number of halogens is 2. The third-order valence-electron chi connectivity index (χ3n) is 3.64. The average molecular weight is 286 g/mol. The molecule has 0 aromatic heterocycles. The van der Waals surface area contributed by atoms with Gasteiger partial charge in [-0.1, -0.05) is 24.4 Å². The molecule has 0 heterocycles. The Hall–Kier alpha value is -1.13. The Labute approximate surface area is 116 Å². The van der Waals surface area contributed by atoms with Gasteiger partial charge in [0.05, 0.1) is 5.02 Å². The summed E-state index contributed by atoms with van der Waals surface area (Å²) in [5, 5.41) is 12.1. The predicted molar refractivity (Wildman–Crippen MR) is 71.7 cm³/mol. The summed E-state index contributed by atoms with van der Waals surface area (Å²) < 4.78 is 13.0. The second kappa shape index (κ2) is 6.35. The van der Waals surface area contributed by atoms with E-state index in [4.69, 9.17) is 11.6 Å². The summed E-state index contributed by atoms with van der Waals surface area (Å²) in [6.07, 6.45) is 3.92. The molecule has 2 N–H and O–H groups in total. The summed E-state index contributed by atoms with van der Waals surface area (Å²) in [7, 11) is 0. The Morgan fingerprint density at radius 1 is 1.42 bits per heavy atom. The van der Waals surface area contributed by atoms with Gasteiger partial charge >= 0.3 is 0 Å². The number of nitrogens with one attached hydrogen (secondary N) is 1. The molecule has 1 aromatic rings. The third kappa shape index (κ3) is 3.45. The molecule has 1 saturated carbocycles. The highest BCUT2D eigenvalue weighted by Crippen LogP contribution is 2.24. The van der Waals surface area contributed by atoms with Crippen molar-refractivity contribution in [3.63, 3.8) is 0 Å². The van der Waals surface area contributed by atoms with Crippen molar-refractivity contribution in [2.45, 2.75) is 31.7 Å². The number of aliphatic hydroxyl groups is 1. The average Bonchev–Trinajstić information content (AvgIpc) is 2.42. The van der Waals surface area contributed by atoms with Crippen LogP contribution in [0.5, 0.6) is 0 Å². The predicted octanol–water partition coefficient (Wildman–Crippen LogP) is 2.76. The fourth-order valence-electron chi connectivity index (χ4n) is 2.51. The van der Waals surface area contributed by atoms with E-state index >= 15 is 0 Å². The number of carbonyl (C=O) groups excluding carboxylic acids is 1. The molecule has 0 aliphatic heterocycles. The van der Waals surface area contributed by atoms with Gasteiger partial charge in [0.2, 0.25) is 0 Å². The zero-order valence-electron chi connectivity index (χ0n) is 10.5. The monoisotopic (exact) mass is 285 g/mol. The second-order valence-electron chi connectivity index (χ2n) is 4.94. The summed E-state index contributed by atoms with van der Waals surface area (Å²) in [6, 6.07) is 3.90. The number of amides is 1. The van der Waals surface area contributed by atoms with Gasteiger partial charge in [0.1, 0.15) is 5.82 Å². The number of carbonyl (C=O) groups is 1. The second-order valence-corrected chi connectivity index (χ2v) is 5.34. The summed E-state index contributed by atoms with van der Waals surface area (Å²) in [5.41, 5.74) is 0.341. The fraction of sp³-hybridized carbons (Fsp3) is 0.500. The minimum atomic E-state index is -0.538. The van der Waals surface area contributed by atoms with E-state index in [0.29, 0.717) is 5.56 Å². The lowest BCUT2D eigenvalue weighted by atomic mass is 9.85. The zero-order valence-corrected chi connectivity index (χ0v) is 11.3. The Kier molecular flexibility index (Phi) is 4.77. The molecule has 0 bridgehead atoms. The molecule has 0 radical (unpaired) electrons. The first kappa shape index (κ1) is 14.3. The van der Waals surface area contributed by atoms with E-state index < -0.39 is 5.82 Å². The quantitative estimate of drug-likeness (QED) is 0.897. The van der Waals surface area contributed by atoms with Gasteiger partial charge in [-0.05, 0) is 31.0 Å². The van der Waals surface area contributed by atoms with E-state index in [1.807, 2.05) is 0 Å². The van der Waals surface area contributed by atoms with Crippen LogP contribution in [0.4, 0.5) is 4.39 Å². The van der Waals surface area contributed by atoms with Crippen LogP contribution in [0.15, 0.2) is 18.2 Å². The van der Waals surface area contributed by atoms with Crippen LogP contribution in [-0.4, -0.2) is 23.7 Å². The SMILES string of the molecule is O=C(NC1CCCCC1CO)c1ccc(F)c(Cl)c1. The number of rotatable bonds is 3. The van der Waals surface area contributed by atoms with Gasteiger partial charge in [-0.25, -0.2) is 4.39 Å². The number of hydrogen-bond acceptors (Lipinski definition) is 2. The normalized spacial score (nSPS) is 23.1. The molecule has 5 heteroatoms.